The predicted molar refractivity (Wildman–Crippen MR) is 82.5 cm³/mol. The van der Waals surface area contributed by atoms with E-state index in [0.717, 1.165) is 55.5 Å². The predicted octanol–water partition coefficient (Wildman–Crippen LogP) is 2.19. The van der Waals surface area contributed by atoms with Crippen molar-refractivity contribution in [3.63, 3.8) is 0 Å². The highest BCUT2D eigenvalue weighted by Gasteiger charge is 2.38. The monoisotopic (exact) mass is 288 g/mol. The maximum atomic E-state index is 12.2. The molecule has 0 bridgehead atoms. The molecule has 2 N–H and O–H groups in total. The molecule has 1 aromatic carbocycles. The van der Waals surface area contributed by atoms with Crippen LogP contribution in [-0.4, -0.2) is 31.7 Å². The summed E-state index contributed by atoms with van der Waals surface area (Å²) < 4.78 is 5.98. The van der Waals surface area contributed by atoms with Crippen LogP contribution in [0.5, 0.6) is 0 Å². The van der Waals surface area contributed by atoms with Gasteiger partial charge in [0.1, 0.15) is 0 Å². The number of fused-ring (bicyclic) bond motifs is 1. The lowest BCUT2D eigenvalue weighted by atomic mass is 9.86. The fourth-order valence-electron chi connectivity index (χ4n) is 3.63. The molecule has 2 aliphatic rings. The van der Waals surface area contributed by atoms with E-state index in [9.17, 15) is 4.79 Å². The van der Waals surface area contributed by atoms with Crippen molar-refractivity contribution in [1.29, 1.82) is 0 Å². The van der Waals surface area contributed by atoms with Crippen molar-refractivity contribution < 1.29 is 9.53 Å². The van der Waals surface area contributed by atoms with Crippen molar-refractivity contribution in [2.75, 3.05) is 20.2 Å². The Morgan fingerprint density at radius 3 is 2.95 bits per heavy atom. The number of rotatable bonds is 3. The van der Waals surface area contributed by atoms with Crippen molar-refractivity contribution in [3.05, 3.63) is 34.9 Å². The highest BCUT2D eigenvalue weighted by Crippen LogP contribution is 2.37. The van der Waals surface area contributed by atoms with Crippen molar-refractivity contribution in [2.45, 2.75) is 44.2 Å². The zero-order valence-electron chi connectivity index (χ0n) is 12.9. The van der Waals surface area contributed by atoms with Gasteiger partial charge >= 0.3 is 0 Å². The zero-order valence-corrected chi connectivity index (χ0v) is 12.9. The van der Waals surface area contributed by atoms with Crippen LogP contribution < -0.4 is 10.6 Å². The van der Waals surface area contributed by atoms with Gasteiger partial charge in [0.05, 0.1) is 11.6 Å². The highest BCUT2D eigenvalue weighted by atomic mass is 16.5. The summed E-state index contributed by atoms with van der Waals surface area (Å²) in [5.74, 6) is 0.0525. The van der Waals surface area contributed by atoms with Crippen LogP contribution in [0.4, 0.5) is 0 Å². The van der Waals surface area contributed by atoms with Gasteiger partial charge in [0, 0.05) is 18.7 Å². The largest absolute Gasteiger partial charge is 0.373 e. The summed E-state index contributed by atoms with van der Waals surface area (Å²) >= 11 is 0. The molecule has 3 rings (SSSR count). The van der Waals surface area contributed by atoms with Gasteiger partial charge in [0.2, 0.25) is 0 Å². The average Bonchev–Trinajstić information content (AvgIpc) is 2.83. The second kappa shape index (κ2) is 5.78. The van der Waals surface area contributed by atoms with Crippen LogP contribution in [-0.2, 0) is 11.2 Å². The second-order valence-electron chi connectivity index (χ2n) is 6.26. The fraction of sp³-hybridized carbons (Fsp3) is 0.588. The molecule has 2 unspecified atom stereocenters. The normalized spacial score (nSPS) is 26.9. The third-order valence-electron chi connectivity index (χ3n) is 4.77. The Bertz CT molecular complexity index is 536. The van der Waals surface area contributed by atoms with E-state index in [0.29, 0.717) is 0 Å². The molecule has 2 aliphatic heterocycles. The quantitative estimate of drug-likeness (QED) is 0.896. The summed E-state index contributed by atoms with van der Waals surface area (Å²) in [5, 5.41) is 6.35. The summed E-state index contributed by atoms with van der Waals surface area (Å²) in [7, 11) is 1.96. The number of carbonyl (C=O) groups excluding carboxylic acids is 1. The Morgan fingerprint density at radius 1 is 1.38 bits per heavy atom. The first-order chi connectivity index (χ1) is 10.1. The van der Waals surface area contributed by atoms with E-state index in [1.807, 2.05) is 13.1 Å². The smallest absolute Gasteiger partial charge is 0.251 e. The Morgan fingerprint density at radius 2 is 2.24 bits per heavy atom. The van der Waals surface area contributed by atoms with Crippen LogP contribution in [0.1, 0.15) is 53.7 Å². The summed E-state index contributed by atoms with van der Waals surface area (Å²) in [6.07, 6.45) is 4.11. The Balaban J connectivity index is 1.96. The molecule has 4 heteroatoms. The molecular weight excluding hydrogens is 264 g/mol. The van der Waals surface area contributed by atoms with E-state index in [2.05, 4.69) is 29.7 Å². The third kappa shape index (κ3) is 2.70. The standard InChI is InChI=1S/C17H24N2O2/c1-17(8-4-10-21-17)15(18-2)13-7-6-12-5-3-9-19-16(20)14(12)11-13/h6-7,11,15,18H,3-5,8-10H2,1-2H3,(H,19,20). The van der Waals surface area contributed by atoms with Gasteiger partial charge in [-0.3, -0.25) is 4.79 Å². The summed E-state index contributed by atoms with van der Waals surface area (Å²) in [4.78, 5) is 12.2. The van der Waals surface area contributed by atoms with E-state index in [4.69, 9.17) is 4.74 Å². The SMILES string of the molecule is CNC(c1ccc2c(c1)C(=O)NCCC2)C1(C)CCCO1. The fourth-order valence-corrected chi connectivity index (χ4v) is 3.63. The maximum absolute atomic E-state index is 12.2. The molecule has 0 aromatic heterocycles. The van der Waals surface area contributed by atoms with E-state index in [1.165, 1.54) is 0 Å². The number of aryl methyl sites for hydroxylation is 1. The van der Waals surface area contributed by atoms with Crippen LogP contribution in [0, 0.1) is 0 Å². The van der Waals surface area contributed by atoms with E-state index in [-0.39, 0.29) is 17.6 Å². The van der Waals surface area contributed by atoms with Gasteiger partial charge in [-0.25, -0.2) is 0 Å². The van der Waals surface area contributed by atoms with E-state index >= 15 is 0 Å². The molecule has 0 radical (unpaired) electrons. The third-order valence-corrected chi connectivity index (χ3v) is 4.77. The van der Waals surface area contributed by atoms with E-state index < -0.39 is 0 Å². The van der Waals surface area contributed by atoms with Gasteiger partial charge in [0.25, 0.3) is 5.91 Å². The van der Waals surface area contributed by atoms with Gasteiger partial charge in [-0.15, -0.1) is 0 Å². The molecule has 1 fully saturated rings. The Kier molecular flexibility index (Phi) is 4.00. The van der Waals surface area contributed by atoms with Gasteiger partial charge in [0.15, 0.2) is 0 Å². The lowest BCUT2D eigenvalue weighted by Gasteiger charge is -2.33. The van der Waals surface area contributed by atoms with Crippen molar-refractivity contribution in [1.82, 2.24) is 10.6 Å². The molecular formula is C17H24N2O2. The van der Waals surface area contributed by atoms with Crippen molar-refractivity contribution in [2.24, 2.45) is 0 Å². The molecule has 1 saturated heterocycles. The van der Waals surface area contributed by atoms with Crippen molar-refractivity contribution >= 4 is 5.91 Å². The number of nitrogens with one attached hydrogen (secondary N) is 2. The van der Waals surface area contributed by atoms with Crippen LogP contribution in [0.25, 0.3) is 0 Å². The number of likely N-dealkylation sites (N-methyl/N-ethyl adjacent to an activating group) is 1. The molecule has 4 nitrogen and oxygen atoms in total. The first kappa shape index (κ1) is 14.5. The molecule has 0 saturated carbocycles. The molecule has 2 heterocycles. The van der Waals surface area contributed by atoms with Crippen molar-refractivity contribution in [3.8, 4) is 0 Å². The maximum Gasteiger partial charge on any atom is 0.251 e. The minimum absolute atomic E-state index is 0.0525. The summed E-state index contributed by atoms with van der Waals surface area (Å²) in [6, 6.07) is 6.41. The number of amides is 1. The molecule has 0 aliphatic carbocycles. The lowest BCUT2D eigenvalue weighted by Crippen LogP contribution is -2.39. The highest BCUT2D eigenvalue weighted by molar-refractivity contribution is 5.96. The van der Waals surface area contributed by atoms with Crippen LogP contribution in [0.15, 0.2) is 18.2 Å². The van der Waals surface area contributed by atoms with Gasteiger partial charge < -0.3 is 15.4 Å². The number of hydrogen-bond acceptors (Lipinski definition) is 3. The van der Waals surface area contributed by atoms with Gasteiger partial charge in [-0.05, 0) is 56.8 Å². The summed E-state index contributed by atoms with van der Waals surface area (Å²) in [6.45, 7) is 3.74. The second-order valence-corrected chi connectivity index (χ2v) is 6.26. The Hall–Kier alpha value is -1.39. The number of ether oxygens (including phenoxy) is 1. The summed E-state index contributed by atoms with van der Waals surface area (Å²) in [5.41, 5.74) is 2.93. The van der Waals surface area contributed by atoms with E-state index in [1.54, 1.807) is 0 Å². The average molecular weight is 288 g/mol. The zero-order chi connectivity index (χ0) is 14.9. The van der Waals surface area contributed by atoms with Crippen LogP contribution >= 0.6 is 0 Å². The van der Waals surface area contributed by atoms with Gasteiger partial charge in [-0.1, -0.05) is 12.1 Å². The minimum atomic E-state index is -0.190. The number of hydrogen-bond donors (Lipinski definition) is 2. The molecule has 1 aromatic rings. The molecule has 2 atom stereocenters. The van der Waals surface area contributed by atoms with Crippen LogP contribution in [0.3, 0.4) is 0 Å². The first-order valence-electron chi connectivity index (χ1n) is 7.86. The first-order valence-corrected chi connectivity index (χ1v) is 7.86. The number of benzene rings is 1. The Labute approximate surface area is 126 Å². The number of carbonyl (C=O) groups is 1. The molecule has 1 amide bonds. The van der Waals surface area contributed by atoms with Crippen LogP contribution in [0.2, 0.25) is 0 Å². The molecule has 114 valence electrons. The topological polar surface area (TPSA) is 50.4 Å². The minimum Gasteiger partial charge on any atom is -0.373 e. The molecule has 21 heavy (non-hydrogen) atoms. The lowest BCUT2D eigenvalue weighted by molar-refractivity contribution is -0.0105. The molecule has 0 spiro atoms. The van der Waals surface area contributed by atoms with Gasteiger partial charge in [-0.2, -0.15) is 0 Å².